The van der Waals surface area contributed by atoms with Gasteiger partial charge in [-0.15, -0.1) is 0 Å². The number of amides is 4. The van der Waals surface area contributed by atoms with Gasteiger partial charge in [0.2, 0.25) is 0 Å². The topological polar surface area (TPSA) is 95.0 Å². The van der Waals surface area contributed by atoms with E-state index in [0.29, 0.717) is 0 Å². The third kappa shape index (κ3) is 6.27. The molecule has 0 aliphatic heterocycles. The lowest BCUT2D eigenvalue weighted by molar-refractivity contribution is 0.0390. The average Bonchev–Trinajstić information content (AvgIpc) is 2.99. The Hall–Kier alpha value is -4.88. The summed E-state index contributed by atoms with van der Waals surface area (Å²) in [5.74, 6) is -2.41. The molecule has 4 rings (SSSR count). The molecule has 7 heteroatoms. The fraction of sp³-hybridized carbons (Fsp3) is 0.0968. The maximum absolute atomic E-state index is 13.3. The zero-order chi connectivity index (χ0) is 26.9. The van der Waals surface area contributed by atoms with Crippen molar-refractivity contribution in [1.82, 2.24) is 9.80 Å². The van der Waals surface area contributed by atoms with Crippen LogP contribution >= 0.6 is 0 Å². The fourth-order valence-corrected chi connectivity index (χ4v) is 3.94. The standard InChI is InChI=1S/C31H26N2O5/c34-27(21-32(28(35)23-13-5-1-6-14-23)29(36)24-15-7-2-8-16-24)22-33(30(37)25-17-9-3-10-18-25)31(38)26-19-11-4-12-20-26/h1-20,27,34H,21-22H2. The predicted molar refractivity (Wildman–Crippen MR) is 143 cm³/mol. The van der Waals surface area contributed by atoms with E-state index in [1.54, 1.807) is 121 Å². The molecule has 0 unspecified atom stereocenters. The summed E-state index contributed by atoms with van der Waals surface area (Å²) in [6.07, 6.45) is -1.41. The second-order valence-corrected chi connectivity index (χ2v) is 8.56. The van der Waals surface area contributed by atoms with Crippen molar-refractivity contribution < 1.29 is 24.3 Å². The molecule has 0 aliphatic rings. The van der Waals surface area contributed by atoms with Crippen LogP contribution in [0.5, 0.6) is 0 Å². The van der Waals surface area contributed by atoms with Gasteiger partial charge in [0, 0.05) is 22.3 Å². The van der Waals surface area contributed by atoms with E-state index in [1.165, 1.54) is 0 Å². The zero-order valence-corrected chi connectivity index (χ0v) is 20.5. The van der Waals surface area contributed by atoms with Gasteiger partial charge < -0.3 is 5.11 Å². The summed E-state index contributed by atoms with van der Waals surface area (Å²) in [5, 5.41) is 11.1. The molecule has 0 radical (unpaired) electrons. The summed E-state index contributed by atoms with van der Waals surface area (Å²) in [6, 6.07) is 33.0. The number of imide groups is 2. The van der Waals surface area contributed by atoms with Crippen LogP contribution in [-0.2, 0) is 0 Å². The molecule has 0 spiro atoms. The first-order valence-corrected chi connectivity index (χ1v) is 12.1. The van der Waals surface area contributed by atoms with Gasteiger partial charge in [0.25, 0.3) is 23.6 Å². The van der Waals surface area contributed by atoms with E-state index in [9.17, 15) is 24.3 Å². The van der Waals surface area contributed by atoms with Crippen molar-refractivity contribution in [3.63, 3.8) is 0 Å². The van der Waals surface area contributed by atoms with E-state index in [0.717, 1.165) is 9.80 Å². The lowest BCUT2D eigenvalue weighted by atomic mass is 10.1. The highest BCUT2D eigenvalue weighted by molar-refractivity contribution is 6.11. The molecule has 4 aromatic carbocycles. The molecule has 0 saturated carbocycles. The highest BCUT2D eigenvalue weighted by atomic mass is 16.3. The summed E-state index contributed by atoms with van der Waals surface area (Å²) in [4.78, 5) is 55.2. The van der Waals surface area contributed by atoms with Gasteiger partial charge in [0.1, 0.15) is 0 Å². The van der Waals surface area contributed by atoms with Crippen LogP contribution < -0.4 is 0 Å². The number of hydrogen-bond acceptors (Lipinski definition) is 5. The molecule has 0 aliphatic carbocycles. The molecule has 4 amide bonds. The van der Waals surface area contributed by atoms with Crippen molar-refractivity contribution in [3.05, 3.63) is 144 Å². The van der Waals surface area contributed by atoms with E-state index >= 15 is 0 Å². The number of rotatable bonds is 8. The second kappa shape index (κ2) is 12.4. The first-order valence-electron chi connectivity index (χ1n) is 12.1. The van der Waals surface area contributed by atoms with Crippen LogP contribution in [0.3, 0.4) is 0 Å². The van der Waals surface area contributed by atoms with Crippen LogP contribution in [0.1, 0.15) is 41.4 Å². The number of carbonyl (C=O) groups is 4. The Morgan fingerprint density at radius 2 is 0.658 bits per heavy atom. The molecular formula is C31H26N2O5. The summed E-state index contributed by atoms with van der Waals surface area (Å²) in [6.45, 7) is -0.857. The third-order valence-corrected chi connectivity index (χ3v) is 5.85. The van der Waals surface area contributed by atoms with Gasteiger partial charge in [-0.05, 0) is 48.5 Å². The molecule has 0 aromatic heterocycles. The lowest BCUT2D eigenvalue weighted by Crippen LogP contribution is -2.48. The number of nitrogens with zero attached hydrogens (tertiary/aromatic N) is 2. The molecule has 0 atom stereocenters. The van der Waals surface area contributed by atoms with Crippen molar-refractivity contribution in [2.24, 2.45) is 0 Å². The Bertz CT molecular complexity index is 1180. The van der Waals surface area contributed by atoms with Gasteiger partial charge in [0.05, 0.1) is 19.2 Å². The minimum Gasteiger partial charge on any atom is -0.389 e. The van der Waals surface area contributed by atoms with Gasteiger partial charge in [-0.3, -0.25) is 29.0 Å². The van der Waals surface area contributed by atoms with Crippen LogP contribution in [-0.4, -0.2) is 57.7 Å². The van der Waals surface area contributed by atoms with Gasteiger partial charge in [-0.2, -0.15) is 0 Å². The Morgan fingerprint density at radius 1 is 0.447 bits per heavy atom. The van der Waals surface area contributed by atoms with Crippen LogP contribution in [0.4, 0.5) is 0 Å². The zero-order valence-electron chi connectivity index (χ0n) is 20.5. The van der Waals surface area contributed by atoms with Gasteiger partial charge in [-0.1, -0.05) is 72.8 Å². The molecule has 190 valence electrons. The van der Waals surface area contributed by atoms with Crippen molar-refractivity contribution in [1.29, 1.82) is 0 Å². The normalized spacial score (nSPS) is 10.6. The molecule has 4 aromatic rings. The summed E-state index contributed by atoms with van der Waals surface area (Å²) in [7, 11) is 0. The van der Waals surface area contributed by atoms with Crippen LogP contribution in [0.25, 0.3) is 0 Å². The van der Waals surface area contributed by atoms with Crippen molar-refractivity contribution in [2.75, 3.05) is 13.1 Å². The molecule has 0 bridgehead atoms. The Morgan fingerprint density at radius 3 is 0.868 bits per heavy atom. The molecule has 1 N–H and O–H groups in total. The maximum atomic E-state index is 13.3. The smallest absolute Gasteiger partial charge is 0.260 e. The van der Waals surface area contributed by atoms with E-state index < -0.39 is 42.8 Å². The van der Waals surface area contributed by atoms with Gasteiger partial charge in [0.15, 0.2) is 0 Å². The third-order valence-electron chi connectivity index (χ3n) is 5.85. The van der Waals surface area contributed by atoms with Crippen LogP contribution in [0, 0.1) is 0 Å². The summed E-state index contributed by atoms with van der Waals surface area (Å²) < 4.78 is 0. The summed E-state index contributed by atoms with van der Waals surface area (Å²) in [5.41, 5.74) is 1.06. The largest absolute Gasteiger partial charge is 0.389 e. The highest BCUT2D eigenvalue weighted by Gasteiger charge is 2.31. The lowest BCUT2D eigenvalue weighted by Gasteiger charge is -2.28. The quantitative estimate of drug-likeness (QED) is 0.359. The second-order valence-electron chi connectivity index (χ2n) is 8.56. The number of carbonyl (C=O) groups excluding carboxylic acids is 4. The number of hydrogen-bond donors (Lipinski definition) is 1. The molecule has 38 heavy (non-hydrogen) atoms. The van der Waals surface area contributed by atoms with E-state index in [4.69, 9.17) is 0 Å². The Labute approximate surface area is 220 Å². The highest BCUT2D eigenvalue weighted by Crippen LogP contribution is 2.15. The maximum Gasteiger partial charge on any atom is 0.260 e. The SMILES string of the molecule is O=C(c1ccccc1)N(CC(O)CN(C(=O)c1ccccc1)C(=O)c1ccccc1)C(=O)c1ccccc1. The van der Waals surface area contributed by atoms with Crippen molar-refractivity contribution >= 4 is 23.6 Å². The molecular weight excluding hydrogens is 480 g/mol. The molecule has 0 saturated heterocycles. The average molecular weight is 507 g/mol. The minimum absolute atomic E-state index is 0.265. The van der Waals surface area contributed by atoms with E-state index in [-0.39, 0.29) is 22.3 Å². The van der Waals surface area contributed by atoms with Crippen molar-refractivity contribution in [3.8, 4) is 0 Å². The first kappa shape index (κ1) is 26.2. The number of aliphatic hydroxyl groups is 1. The number of aliphatic hydroxyl groups excluding tert-OH is 1. The predicted octanol–water partition coefficient (Wildman–Crippen LogP) is 4.31. The monoisotopic (exact) mass is 506 g/mol. The number of benzene rings is 4. The van der Waals surface area contributed by atoms with Gasteiger partial charge in [-0.25, -0.2) is 0 Å². The Kier molecular flexibility index (Phi) is 8.53. The molecule has 0 fully saturated rings. The van der Waals surface area contributed by atoms with Crippen LogP contribution in [0.15, 0.2) is 121 Å². The van der Waals surface area contributed by atoms with E-state index in [2.05, 4.69) is 0 Å². The Balaban J connectivity index is 1.62. The van der Waals surface area contributed by atoms with E-state index in [1.807, 2.05) is 0 Å². The molecule has 0 heterocycles. The van der Waals surface area contributed by atoms with Crippen LogP contribution in [0.2, 0.25) is 0 Å². The van der Waals surface area contributed by atoms with Gasteiger partial charge >= 0.3 is 0 Å². The van der Waals surface area contributed by atoms with Crippen molar-refractivity contribution in [2.45, 2.75) is 6.10 Å². The summed E-state index contributed by atoms with van der Waals surface area (Å²) >= 11 is 0. The fourth-order valence-electron chi connectivity index (χ4n) is 3.94. The molecule has 7 nitrogen and oxygen atoms in total. The minimum atomic E-state index is -1.41. The first-order chi connectivity index (χ1) is 18.5.